The van der Waals surface area contributed by atoms with Gasteiger partial charge in [-0.3, -0.25) is 9.59 Å². The van der Waals surface area contributed by atoms with Crippen LogP contribution < -0.4 is 0 Å². The van der Waals surface area contributed by atoms with Gasteiger partial charge in [0.1, 0.15) is 6.10 Å². The zero-order chi connectivity index (χ0) is 15.0. The molecule has 5 heteroatoms. The summed E-state index contributed by atoms with van der Waals surface area (Å²) < 4.78 is 5.39. The zero-order valence-corrected chi connectivity index (χ0v) is 14.1. The number of alkyl halides is 1. The number of piperidine rings is 1. The van der Waals surface area contributed by atoms with Crippen molar-refractivity contribution in [1.29, 1.82) is 0 Å². The van der Waals surface area contributed by atoms with Gasteiger partial charge in [-0.15, -0.1) is 0 Å². The van der Waals surface area contributed by atoms with E-state index in [1.807, 2.05) is 42.2 Å². The number of ether oxygens (including phenoxy) is 1. The molecule has 1 amide bonds. The molecule has 3 rings (SSSR count). The number of benzene rings is 1. The van der Waals surface area contributed by atoms with Crippen molar-refractivity contribution in [2.24, 2.45) is 5.92 Å². The number of carbonyl (C=O) groups excluding carboxylic acids is 2. The average Bonchev–Trinajstić information content (AvgIpc) is 2.76. The summed E-state index contributed by atoms with van der Waals surface area (Å²) in [5, 5.41) is 0. The highest BCUT2D eigenvalue weighted by molar-refractivity contribution is 14.1. The molecule has 0 aliphatic carbocycles. The van der Waals surface area contributed by atoms with Crippen LogP contribution in [0.3, 0.4) is 0 Å². The van der Waals surface area contributed by atoms with Gasteiger partial charge in [0.2, 0.25) is 0 Å². The van der Waals surface area contributed by atoms with E-state index >= 15 is 0 Å². The van der Waals surface area contributed by atoms with Crippen LogP contribution in [0.15, 0.2) is 30.3 Å². The van der Waals surface area contributed by atoms with Crippen LogP contribution in [0, 0.1) is 5.92 Å². The Morgan fingerprint density at radius 3 is 2.81 bits per heavy atom. The van der Waals surface area contributed by atoms with Crippen LogP contribution >= 0.6 is 22.6 Å². The number of hydrogen-bond acceptors (Lipinski definition) is 3. The average molecular weight is 399 g/mol. The van der Waals surface area contributed by atoms with E-state index in [9.17, 15) is 9.59 Å². The number of amides is 1. The number of halogens is 1. The van der Waals surface area contributed by atoms with Gasteiger partial charge in [-0.05, 0) is 25.0 Å². The Labute approximate surface area is 138 Å². The number of hydrogen-bond donors (Lipinski definition) is 0. The van der Waals surface area contributed by atoms with Crippen LogP contribution in [0.1, 0.15) is 30.1 Å². The predicted octanol–water partition coefficient (Wildman–Crippen LogP) is 2.66. The Hall–Kier alpha value is -1.11. The molecule has 0 bridgehead atoms. The molecule has 3 atom stereocenters. The van der Waals surface area contributed by atoms with Crippen molar-refractivity contribution in [1.82, 2.24) is 4.90 Å². The molecule has 1 aromatic rings. The second-order valence-corrected chi connectivity index (χ2v) is 7.69. The summed E-state index contributed by atoms with van der Waals surface area (Å²) >= 11 is 2.38. The summed E-state index contributed by atoms with van der Waals surface area (Å²) in [6, 6.07) is 9.27. The van der Waals surface area contributed by atoms with Crippen molar-refractivity contribution in [2.75, 3.05) is 13.1 Å². The largest absolute Gasteiger partial charge is 0.459 e. The summed E-state index contributed by atoms with van der Waals surface area (Å²) in [6.45, 7) is 3.20. The van der Waals surface area contributed by atoms with Crippen LogP contribution in [-0.4, -0.2) is 39.4 Å². The standard InChI is InChI=1S/C16H18INO3/c1-2-12-15(20)21-13-10-18(9-8-16(12,13)17)14(19)11-6-4-3-5-7-11/h3-7,12-13H,2,8-10H2,1H3. The third kappa shape index (κ3) is 2.45. The van der Waals surface area contributed by atoms with Crippen LogP contribution in [0.25, 0.3) is 0 Å². The first-order valence-electron chi connectivity index (χ1n) is 7.30. The van der Waals surface area contributed by atoms with Crippen molar-refractivity contribution < 1.29 is 14.3 Å². The topological polar surface area (TPSA) is 46.6 Å². The first-order valence-corrected chi connectivity index (χ1v) is 8.38. The lowest BCUT2D eigenvalue weighted by Gasteiger charge is -2.40. The number of esters is 1. The van der Waals surface area contributed by atoms with Gasteiger partial charge in [-0.1, -0.05) is 47.7 Å². The highest BCUT2D eigenvalue weighted by Gasteiger charge is 2.57. The maximum atomic E-state index is 12.5. The molecule has 0 spiro atoms. The van der Waals surface area contributed by atoms with Gasteiger partial charge in [0.15, 0.2) is 0 Å². The van der Waals surface area contributed by atoms with E-state index in [1.54, 1.807) is 0 Å². The maximum absolute atomic E-state index is 12.5. The molecule has 0 aromatic heterocycles. The van der Waals surface area contributed by atoms with Gasteiger partial charge in [0.05, 0.1) is 15.9 Å². The molecule has 1 aromatic carbocycles. The molecule has 4 nitrogen and oxygen atoms in total. The fourth-order valence-corrected chi connectivity index (χ4v) is 4.58. The van der Waals surface area contributed by atoms with Gasteiger partial charge in [0, 0.05) is 12.1 Å². The summed E-state index contributed by atoms with van der Waals surface area (Å²) in [6.07, 6.45) is 1.42. The fourth-order valence-electron chi connectivity index (χ4n) is 3.32. The van der Waals surface area contributed by atoms with E-state index in [1.165, 1.54) is 0 Å². The molecule has 112 valence electrons. The smallest absolute Gasteiger partial charge is 0.310 e. The van der Waals surface area contributed by atoms with Crippen molar-refractivity contribution in [3.05, 3.63) is 35.9 Å². The van der Waals surface area contributed by atoms with Crippen molar-refractivity contribution in [3.63, 3.8) is 0 Å². The van der Waals surface area contributed by atoms with Gasteiger partial charge >= 0.3 is 5.97 Å². The van der Waals surface area contributed by atoms with E-state index in [-0.39, 0.29) is 27.3 Å². The van der Waals surface area contributed by atoms with E-state index in [0.29, 0.717) is 18.7 Å². The Kier molecular flexibility index (Phi) is 3.94. The molecule has 3 unspecified atom stereocenters. The highest BCUT2D eigenvalue weighted by atomic mass is 127. The van der Waals surface area contributed by atoms with Crippen LogP contribution in [0.4, 0.5) is 0 Å². The van der Waals surface area contributed by atoms with Crippen molar-refractivity contribution in [2.45, 2.75) is 29.3 Å². The van der Waals surface area contributed by atoms with E-state index < -0.39 is 0 Å². The van der Waals surface area contributed by atoms with E-state index in [4.69, 9.17) is 4.74 Å². The lowest BCUT2D eigenvalue weighted by atomic mass is 9.83. The molecule has 0 radical (unpaired) electrons. The van der Waals surface area contributed by atoms with Crippen LogP contribution in [0.2, 0.25) is 0 Å². The Morgan fingerprint density at radius 2 is 2.14 bits per heavy atom. The molecule has 2 aliphatic heterocycles. The lowest BCUT2D eigenvalue weighted by molar-refractivity contribution is -0.144. The summed E-state index contributed by atoms with van der Waals surface area (Å²) in [5.41, 5.74) is 0.690. The second kappa shape index (κ2) is 5.59. The molecule has 2 aliphatic rings. The second-order valence-electron chi connectivity index (χ2n) is 5.68. The third-order valence-electron chi connectivity index (χ3n) is 4.52. The third-order valence-corrected chi connectivity index (χ3v) is 6.51. The first kappa shape index (κ1) is 14.8. The number of likely N-dealkylation sites (tertiary alicyclic amines) is 1. The maximum Gasteiger partial charge on any atom is 0.310 e. The monoisotopic (exact) mass is 399 g/mol. The summed E-state index contributed by atoms with van der Waals surface area (Å²) in [4.78, 5) is 26.3. The number of rotatable bonds is 2. The Morgan fingerprint density at radius 1 is 1.43 bits per heavy atom. The molecule has 21 heavy (non-hydrogen) atoms. The highest BCUT2D eigenvalue weighted by Crippen LogP contribution is 2.47. The molecule has 2 saturated heterocycles. The molecule has 2 heterocycles. The lowest BCUT2D eigenvalue weighted by Crippen LogP contribution is -2.53. The van der Waals surface area contributed by atoms with E-state index in [0.717, 1.165) is 12.8 Å². The molecule has 0 N–H and O–H groups in total. The molecular weight excluding hydrogens is 381 g/mol. The molecule has 2 fully saturated rings. The predicted molar refractivity (Wildman–Crippen MR) is 87.4 cm³/mol. The minimum Gasteiger partial charge on any atom is -0.459 e. The van der Waals surface area contributed by atoms with Crippen molar-refractivity contribution >= 4 is 34.5 Å². The Bertz CT molecular complexity index is 562. The first-order chi connectivity index (χ1) is 10.1. The van der Waals surface area contributed by atoms with E-state index in [2.05, 4.69) is 22.6 Å². The van der Waals surface area contributed by atoms with Crippen molar-refractivity contribution in [3.8, 4) is 0 Å². The molecule has 0 saturated carbocycles. The minimum atomic E-state index is -0.183. The molecular formula is C16H18INO3. The number of carbonyl (C=O) groups is 2. The summed E-state index contributed by atoms with van der Waals surface area (Å²) in [5.74, 6) is -0.131. The SMILES string of the molecule is CCC1C(=O)OC2CN(C(=O)c3ccccc3)CCC21I. The van der Waals surface area contributed by atoms with Gasteiger partial charge in [-0.2, -0.15) is 0 Å². The summed E-state index contributed by atoms with van der Waals surface area (Å²) in [7, 11) is 0. The van der Waals surface area contributed by atoms with Crippen LogP contribution in [-0.2, 0) is 9.53 Å². The fraction of sp³-hybridized carbons (Fsp3) is 0.500. The van der Waals surface area contributed by atoms with Crippen LogP contribution in [0.5, 0.6) is 0 Å². The Balaban J connectivity index is 1.77. The minimum absolute atomic E-state index is 0.0186. The quantitative estimate of drug-likeness (QED) is 0.437. The number of nitrogens with zero attached hydrogens (tertiary/aromatic N) is 1. The van der Waals surface area contributed by atoms with Gasteiger partial charge < -0.3 is 9.64 Å². The zero-order valence-electron chi connectivity index (χ0n) is 11.9. The van der Waals surface area contributed by atoms with Gasteiger partial charge in [-0.25, -0.2) is 0 Å². The number of fused-ring (bicyclic) bond motifs is 1. The van der Waals surface area contributed by atoms with Gasteiger partial charge in [0.25, 0.3) is 5.91 Å². The normalized spacial score (nSPS) is 31.7.